The fourth-order valence-corrected chi connectivity index (χ4v) is 1.04. The zero-order valence-corrected chi connectivity index (χ0v) is 9.77. The smallest absolute Gasteiger partial charge is 0.303 e. The van der Waals surface area contributed by atoms with Gasteiger partial charge in [0, 0.05) is 18.4 Å². The van der Waals surface area contributed by atoms with E-state index < -0.39 is 5.97 Å². The number of carbonyl (C=O) groups excluding carboxylic acids is 1. The molecule has 3 nitrogen and oxygen atoms in total. The van der Waals surface area contributed by atoms with Gasteiger partial charge in [-0.1, -0.05) is 44.2 Å². The van der Waals surface area contributed by atoms with Crippen LogP contribution in [0.2, 0.25) is 0 Å². The highest BCUT2D eigenvalue weighted by atomic mass is 16.4. The minimum Gasteiger partial charge on any atom is -0.481 e. The molecule has 0 saturated heterocycles. The van der Waals surface area contributed by atoms with Crippen molar-refractivity contribution in [3.63, 3.8) is 0 Å². The third-order valence-electron chi connectivity index (χ3n) is 1.88. The molecule has 0 heterocycles. The minimum absolute atomic E-state index is 0.209. The molecule has 0 fully saturated rings. The van der Waals surface area contributed by atoms with Crippen molar-refractivity contribution in [2.75, 3.05) is 0 Å². The van der Waals surface area contributed by atoms with Gasteiger partial charge in [-0.15, -0.1) is 0 Å². The highest BCUT2D eigenvalue weighted by Crippen LogP contribution is 2.01. The second kappa shape index (κ2) is 8.65. The predicted octanol–water partition coefficient (Wildman–Crippen LogP) is 3.15. The zero-order chi connectivity index (χ0) is 12.4. The van der Waals surface area contributed by atoms with E-state index in [9.17, 15) is 9.59 Å². The molecule has 0 saturated carbocycles. The number of carboxylic acids is 1. The summed E-state index contributed by atoms with van der Waals surface area (Å²) in [5.74, 6) is -0.502. The van der Waals surface area contributed by atoms with Crippen LogP contribution < -0.4 is 0 Å². The first-order valence-corrected chi connectivity index (χ1v) is 5.41. The molecular formula is C13H18O3. The SMILES string of the molecule is CCC(=O)c1ccccc1.CCCC(=O)O. The normalized spacial score (nSPS) is 8.88. The fourth-order valence-electron chi connectivity index (χ4n) is 1.04. The summed E-state index contributed by atoms with van der Waals surface area (Å²) in [6.07, 6.45) is 1.61. The van der Waals surface area contributed by atoms with E-state index in [1.54, 1.807) is 0 Å². The van der Waals surface area contributed by atoms with Crippen molar-refractivity contribution in [3.05, 3.63) is 35.9 Å². The van der Waals surface area contributed by atoms with Crippen molar-refractivity contribution >= 4 is 11.8 Å². The van der Waals surface area contributed by atoms with Crippen LogP contribution in [0.1, 0.15) is 43.5 Å². The summed E-state index contributed by atoms with van der Waals surface area (Å²) in [4.78, 5) is 20.6. The summed E-state index contributed by atoms with van der Waals surface area (Å²) in [7, 11) is 0. The number of aliphatic carboxylic acids is 1. The van der Waals surface area contributed by atoms with Gasteiger partial charge in [-0.05, 0) is 6.42 Å². The Morgan fingerprint density at radius 1 is 1.12 bits per heavy atom. The molecule has 88 valence electrons. The average molecular weight is 222 g/mol. The van der Waals surface area contributed by atoms with Gasteiger partial charge in [0.15, 0.2) is 5.78 Å². The molecular weight excluding hydrogens is 204 g/mol. The second-order valence-corrected chi connectivity index (χ2v) is 3.29. The zero-order valence-electron chi connectivity index (χ0n) is 9.77. The largest absolute Gasteiger partial charge is 0.481 e. The molecule has 1 aromatic rings. The summed E-state index contributed by atoms with van der Waals surface area (Å²) in [6.45, 7) is 3.71. The lowest BCUT2D eigenvalue weighted by Gasteiger charge is -1.93. The molecule has 16 heavy (non-hydrogen) atoms. The first-order valence-electron chi connectivity index (χ1n) is 5.41. The minimum atomic E-state index is -0.711. The van der Waals surface area contributed by atoms with Crippen molar-refractivity contribution < 1.29 is 14.7 Å². The molecule has 0 unspecified atom stereocenters. The quantitative estimate of drug-likeness (QED) is 0.796. The Kier molecular flexibility index (Phi) is 7.76. The number of carboxylic acid groups (broad SMARTS) is 1. The maximum absolute atomic E-state index is 11.0. The van der Waals surface area contributed by atoms with Crippen molar-refractivity contribution in [3.8, 4) is 0 Å². The topological polar surface area (TPSA) is 54.4 Å². The summed E-state index contributed by atoms with van der Waals surface area (Å²) < 4.78 is 0. The van der Waals surface area contributed by atoms with Crippen LogP contribution in [-0.4, -0.2) is 16.9 Å². The van der Waals surface area contributed by atoms with Crippen molar-refractivity contribution in [1.29, 1.82) is 0 Å². The van der Waals surface area contributed by atoms with Crippen molar-refractivity contribution in [1.82, 2.24) is 0 Å². The second-order valence-electron chi connectivity index (χ2n) is 3.29. The number of Topliss-reactive ketones (excluding diaryl/α,β-unsaturated/α-hetero) is 1. The number of ketones is 1. The van der Waals surface area contributed by atoms with Gasteiger partial charge in [0.25, 0.3) is 0 Å². The molecule has 0 aliphatic rings. The predicted molar refractivity (Wildman–Crippen MR) is 63.6 cm³/mol. The van der Waals surface area contributed by atoms with Crippen LogP contribution in [-0.2, 0) is 4.79 Å². The fraction of sp³-hybridized carbons (Fsp3) is 0.385. The Morgan fingerprint density at radius 3 is 2.00 bits per heavy atom. The van der Waals surface area contributed by atoms with E-state index in [0.717, 1.165) is 12.0 Å². The molecule has 0 aliphatic carbocycles. The molecule has 3 heteroatoms. The Balaban J connectivity index is 0.000000325. The first kappa shape index (κ1) is 14.4. The highest BCUT2D eigenvalue weighted by molar-refractivity contribution is 5.95. The molecule has 0 bridgehead atoms. The Morgan fingerprint density at radius 2 is 1.69 bits per heavy atom. The van der Waals surface area contributed by atoms with Crippen LogP contribution >= 0.6 is 0 Å². The van der Waals surface area contributed by atoms with E-state index in [4.69, 9.17) is 5.11 Å². The summed E-state index contributed by atoms with van der Waals surface area (Å²) in [5.41, 5.74) is 0.810. The van der Waals surface area contributed by atoms with Gasteiger partial charge in [0.2, 0.25) is 0 Å². The van der Waals surface area contributed by atoms with Crippen molar-refractivity contribution in [2.45, 2.75) is 33.1 Å². The van der Waals surface area contributed by atoms with Crippen molar-refractivity contribution in [2.24, 2.45) is 0 Å². The van der Waals surface area contributed by atoms with E-state index in [0.29, 0.717) is 12.8 Å². The molecule has 0 radical (unpaired) electrons. The molecule has 0 aromatic heterocycles. The van der Waals surface area contributed by atoms with E-state index in [-0.39, 0.29) is 5.78 Å². The van der Waals surface area contributed by atoms with Gasteiger partial charge < -0.3 is 5.11 Å². The number of hydrogen-bond acceptors (Lipinski definition) is 2. The van der Waals surface area contributed by atoms with E-state index in [2.05, 4.69) is 0 Å². The Labute approximate surface area is 96.1 Å². The number of benzene rings is 1. The third-order valence-corrected chi connectivity index (χ3v) is 1.88. The summed E-state index contributed by atoms with van der Waals surface area (Å²) in [5, 5.41) is 7.91. The van der Waals surface area contributed by atoms with Gasteiger partial charge in [0.1, 0.15) is 0 Å². The van der Waals surface area contributed by atoms with Crippen LogP contribution in [0, 0.1) is 0 Å². The first-order chi connectivity index (χ1) is 7.61. The van der Waals surface area contributed by atoms with Gasteiger partial charge in [-0.25, -0.2) is 0 Å². The maximum atomic E-state index is 11.0. The average Bonchev–Trinajstić information content (AvgIpc) is 2.30. The lowest BCUT2D eigenvalue weighted by Crippen LogP contribution is -1.94. The number of hydrogen-bond donors (Lipinski definition) is 1. The molecule has 0 spiro atoms. The van der Waals surface area contributed by atoms with E-state index in [1.165, 1.54) is 0 Å². The lowest BCUT2D eigenvalue weighted by molar-refractivity contribution is -0.137. The molecule has 0 aliphatic heterocycles. The monoisotopic (exact) mass is 222 g/mol. The molecule has 1 rings (SSSR count). The number of rotatable bonds is 4. The van der Waals surface area contributed by atoms with Gasteiger partial charge in [-0.2, -0.15) is 0 Å². The lowest BCUT2D eigenvalue weighted by atomic mass is 10.1. The van der Waals surface area contributed by atoms with Gasteiger partial charge >= 0.3 is 5.97 Å². The Bertz CT molecular complexity index is 317. The van der Waals surface area contributed by atoms with Crippen LogP contribution in [0.5, 0.6) is 0 Å². The van der Waals surface area contributed by atoms with E-state index >= 15 is 0 Å². The molecule has 0 amide bonds. The van der Waals surface area contributed by atoms with Gasteiger partial charge in [-0.3, -0.25) is 9.59 Å². The highest BCUT2D eigenvalue weighted by Gasteiger charge is 1.98. The van der Waals surface area contributed by atoms with Crippen LogP contribution in [0.15, 0.2) is 30.3 Å². The summed E-state index contributed by atoms with van der Waals surface area (Å²) >= 11 is 0. The Hall–Kier alpha value is -1.64. The van der Waals surface area contributed by atoms with Gasteiger partial charge in [0.05, 0.1) is 0 Å². The third kappa shape index (κ3) is 6.76. The van der Waals surface area contributed by atoms with Crippen LogP contribution in [0.4, 0.5) is 0 Å². The number of carbonyl (C=O) groups is 2. The summed E-state index contributed by atoms with van der Waals surface area (Å²) in [6, 6.07) is 9.34. The van der Waals surface area contributed by atoms with Crippen LogP contribution in [0.25, 0.3) is 0 Å². The molecule has 0 atom stereocenters. The maximum Gasteiger partial charge on any atom is 0.303 e. The standard InChI is InChI=1S/C9H10O.C4H8O2/c1-2-9(10)8-6-4-3-5-7-8;1-2-3-4(5)6/h3-7H,2H2,1H3;2-3H2,1H3,(H,5,6). The van der Waals surface area contributed by atoms with Crippen LogP contribution in [0.3, 0.4) is 0 Å². The molecule has 1 aromatic carbocycles. The van der Waals surface area contributed by atoms with E-state index in [1.807, 2.05) is 44.2 Å². The molecule has 1 N–H and O–H groups in total.